The molecular formula is C13H23NO2S. The second kappa shape index (κ2) is 8.64. The highest BCUT2D eigenvalue weighted by Gasteiger charge is 2.09. The minimum Gasteiger partial charge on any atom is -0.382 e. The topological polar surface area (TPSA) is 30.5 Å². The fourth-order valence-corrected chi connectivity index (χ4v) is 2.19. The predicted octanol–water partition coefficient (Wildman–Crippen LogP) is 2.32. The molecule has 1 aromatic rings. The van der Waals surface area contributed by atoms with Gasteiger partial charge in [-0.2, -0.15) is 0 Å². The van der Waals surface area contributed by atoms with E-state index in [2.05, 4.69) is 36.7 Å². The minimum atomic E-state index is 0.141. The molecule has 0 aliphatic heterocycles. The van der Waals surface area contributed by atoms with E-state index in [-0.39, 0.29) is 6.10 Å². The van der Waals surface area contributed by atoms with Crippen LogP contribution >= 0.6 is 11.3 Å². The van der Waals surface area contributed by atoms with Crippen molar-refractivity contribution in [1.29, 1.82) is 0 Å². The fourth-order valence-electron chi connectivity index (χ4n) is 1.50. The minimum absolute atomic E-state index is 0.141. The first-order valence-electron chi connectivity index (χ1n) is 6.08. The summed E-state index contributed by atoms with van der Waals surface area (Å²) in [5.74, 6) is 0. The second-order valence-corrected chi connectivity index (χ2v) is 5.37. The van der Waals surface area contributed by atoms with Gasteiger partial charge in [0.25, 0.3) is 0 Å². The molecule has 1 N–H and O–H groups in total. The Labute approximate surface area is 108 Å². The zero-order valence-electron chi connectivity index (χ0n) is 10.9. The largest absolute Gasteiger partial charge is 0.382 e. The Kier molecular flexibility index (Phi) is 7.44. The zero-order valence-corrected chi connectivity index (χ0v) is 11.8. The van der Waals surface area contributed by atoms with E-state index in [0.717, 1.165) is 19.6 Å². The summed E-state index contributed by atoms with van der Waals surface area (Å²) in [5.41, 5.74) is 0. The Hall–Kier alpha value is -0.420. The van der Waals surface area contributed by atoms with Gasteiger partial charge in [0.15, 0.2) is 0 Å². The molecule has 0 radical (unpaired) electrons. The van der Waals surface area contributed by atoms with Gasteiger partial charge in [0.1, 0.15) is 0 Å². The van der Waals surface area contributed by atoms with Crippen molar-refractivity contribution >= 4 is 11.3 Å². The van der Waals surface area contributed by atoms with Crippen molar-refractivity contribution in [2.75, 3.05) is 26.9 Å². The average molecular weight is 257 g/mol. The van der Waals surface area contributed by atoms with Gasteiger partial charge < -0.3 is 14.8 Å². The van der Waals surface area contributed by atoms with E-state index in [1.165, 1.54) is 4.88 Å². The third kappa shape index (κ3) is 6.78. The number of rotatable bonds is 9. The van der Waals surface area contributed by atoms with Crippen LogP contribution in [-0.2, 0) is 15.9 Å². The normalized spacial score (nSPS) is 13.2. The van der Waals surface area contributed by atoms with Gasteiger partial charge in [0, 0.05) is 31.0 Å². The number of nitrogens with one attached hydrogen (secondary N) is 1. The van der Waals surface area contributed by atoms with Crippen molar-refractivity contribution in [3.63, 3.8) is 0 Å². The number of hydrogen-bond acceptors (Lipinski definition) is 4. The summed E-state index contributed by atoms with van der Waals surface area (Å²) in [5, 5.41) is 5.47. The molecule has 98 valence electrons. The van der Waals surface area contributed by atoms with E-state index in [0.29, 0.717) is 12.6 Å². The van der Waals surface area contributed by atoms with Gasteiger partial charge in [-0.15, -0.1) is 11.3 Å². The van der Waals surface area contributed by atoms with Crippen LogP contribution in [0.3, 0.4) is 0 Å². The van der Waals surface area contributed by atoms with E-state index in [1.54, 1.807) is 18.4 Å². The highest BCUT2D eigenvalue weighted by molar-refractivity contribution is 7.09. The summed E-state index contributed by atoms with van der Waals surface area (Å²) in [6.45, 7) is 6.51. The number of hydrogen-bond donors (Lipinski definition) is 1. The van der Waals surface area contributed by atoms with Crippen molar-refractivity contribution < 1.29 is 9.47 Å². The molecule has 1 aromatic heterocycles. The van der Waals surface area contributed by atoms with Crippen LogP contribution in [0.1, 0.15) is 18.7 Å². The molecule has 3 nitrogen and oxygen atoms in total. The van der Waals surface area contributed by atoms with E-state index in [1.807, 2.05) is 0 Å². The van der Waals surface area contributed by atoms with Crippen LogP contribution in [0.4, 0.5) is 0 Å². The van der Waals surface area contributed by atoms with Crippen LogP contribution < -0.4 is 5.32 Å². The van der Waals surface area contributed by atoms with Crippen molar-refractivity contribution in [3.05, 3.63) is 22.4 Å². The molecule has 4 heteroatoms. The molecule has 1 heterocycles. The Balaban J connectivity index is 2.19. The summed E-state index contributed by atoms with van der Waals surface area (Å²) in [6, 6.07) is 4.70. The first kappa shape index (κ1) is 14.6. The molecule has 0 bridgehead atoms. The van der Waals surface area contributed by atoms with Crippen LogP contribution in [-0.4, -0.2) is 39.0 Å². The van der Waals surface area contributed by atoms with Gasteiger partial charge >= 0.3 is 0 Å². The number of methoxy groups -OCH3 is 1. The maximum atomic E-state index is 5.83. The average Bonchev–Trinajstić information content (AvgIpc) is 2.78. The highest BCUT2D eigenvalue weighted by Crippen LogP contribution is 2.09. The van der Waals surface area contributed by atoms with Crippen LogP contribution in [0, 0.1) is 0 Å². The van der Waals surface area contributed by atoms with Crippen LogP contribution in [0.15, 0.2) is 17.5 Å². The number of ether oxygens (including phenoxy) is 2. The van der Waals surface area contributed by atoms with E-state index in [9.17, 15) is 0 Å². The van der Waals surface area contributed by atoms with Crippen molar-refractivity contribution in [3.8, 4) is 0 Å². The molecule has 0 aliphatic rings. The molecule has 0 aliphatic carbocycles. The van der Waals surface area contributed by atoms with E-state index < -0.39 is 0 Å². The van der Waals surface area contributed by atoms with Gasteiger partial charge in [-0.25, -0.2) is 0 Å². The molecule has 1 unspecified atom stereocenters. The first-order valence-corrected chi connectivity index (χ1v) is 6.96. The Morgan fingerprint density at radius 2 is 2.24 bits per heavy atom. The maximum absolute atomic E-state index is 5.83. The zero-order chi connectivity index (χ0) is 12.5. The van der Waals surface area contributed by atoms with Gasteiger partial charge in [0.05, 0.1) is 19.3 Å². The molecule has 0 saturated carbocycles. The molecule has 0 amide bonds. The van der Waals surface area contributed by atoms with Gasteiger partial charge in [-0.3, -0.25) is 0 Å². The molecule has 1 rings (SSSR count). The molecule has 1 atom stereocenters. The fraction of sp³-hybridized carbons (Fsp3) is 0.692. The maximum Gasteiger partial charge on any atom is 0.0932 e. The monoisotopic (exact) mass is 257 g/mol. The quantitative estimate of drug-likeness (QED) is 0.736. The van der Waals surface area contributed by atoms with E-state index in [4.69, 9.17) is 9.47 Å². The molecule has 0 saturated heterocycles. The van der Waals surface area contributed by atoms with Crippen molar-refractivity contribution in [1.82, 2.24) is 5.32 Å². The molecular weight excluding hydrogens is 234 g/mol. The molecule has 0 aromatic carbocycles. The lowest BCUT2D eigenvalue weighted by Crippen LogP contribution is -2.36. The summed E-state index contributed by atoms with van der Waals surface area (Å²) < 4.78 is 11.0. The Morgan fingerprint density at radius 3 is 2.82 bits per heavy atom. The SMILES string of the molecule is COCC(CNC(C)C)OCCc1cccs1. The summed E-state index contributed by atoms with van der Waals surface area (Å²) in [6.07, 6.45) is 1.13. The van der Waals surface area contributed by atoms with Gasteiger partial charge in [-0.1, -0.05) is 19.9 Å². The van der Waals surface area contributed by atoms with E-state index >= 15 is 0 Å². The lowest BCUT2D eigenvalue weighted by Gasteiger charge is -2.19. The third-order valence-electron chi connectivity index (χ3n) is 2.39. The molecule has 0 spiro atoms. The second-order valence-electron chi connectivity index (χ2n) is 4.34. The highest BCUT2D eigenvalue weighted by atomic mass is 32.1. The lowest BCUT2D eigenvalue weighted by atomic mass is 10.3. The van der Waals surface area contributed by atoms with Crippen LogP contribution in [0.25, 0.3) is 0 Å². The third-order valence-corrected chi connectivity index (χ3v) is 3.32. The van der Waals surface area contributed by atoms with Crippen molar-refractivity contribution in [2.24, 2.45) is 0 Å². The summed E-state index contributed by atoms with van der Waals surface area (Å²) >= 11 is 1.78. The lowest BCUT2D eigenvalue weighted by molar-refractivity contribution is -0.000293. The Morgan fingerprint density at radius 1 is 1.41 bits per heavy atom. The van der Waals surface area contributed by atoms with Gasteiger partial charge in [0.2, 0.25) is 0 Å². The Bertz CT molecular complexity index is 275. The summed E-state index contributed by atoms with van der Waals surface area (Å²) in [7, 11) is 1.71. The van der Waals surface area contributed by atoms with Crippen LogP contribution in [0.5, 0.6) is 0 Å². The first-order chi connectivity index (χ1) is 8.22. The molecule has 17 heavy (non-hydrogen) atoms. The van der Waals surface area contributed by atoms with Crippen LogP contribution in [0.2, 0.25) is 0 Å². The predicted molar refractivity (Wildman–Crippen MR) is 72.8 cm³/mol. The smallest absolute Gasteiger partial charge is 0.0932 e. The van der Waals surface area contributed by atoms with Gasteiger partial charge in [-0.05, 0) is 11.4 Å². The van der Waals surface area contributed by atoms with Crippen molar-refractivity contribution in [2.45, 2.75) is 32.4 Å². The standard InChI is InChI=1S/C13H23NO2S/c1-11(2)14-9-12(10-15-3)16-7-6-13-5-4-8-17-13/h4-5,8,11-12,14H,6-7,9-10H2,1-3H3. The summed E-state index contributed by atoms with van der Waals surface area (Å²) in [4.78, 5) is 1.37. The molecule has 0 fully saturated rings. The number of thiophene rings is 1.